The van der Waals surface area contributed by atoms with Crippen molar-refractivity contribution in [2.75, 3.05) is 6.54 Å². The van der Waals surface area contributed by atoms with Gasteiger partial charge in [-0.3, -0.25) is 0 Å². The SMILES string of the molecule is NCc1sc2ccccc2c1S(=O)(=O)N1CC2CCC1C2. The zero-order valence-electron chi connectivity index (χ0n) is 11.7. The minimum atomic E-state index is -3.43. The molecule has 1 aliphatic carbocycles. The lowest BCUT2D eigenvalue weighted by Crippen LogP contribution is -2.37. The van der Waals surface area contributed by atoms with E-state index in [0.717, 1.165) is 27.8 Å². The Morgan fingerprint density at radius 2 is 2.10 bits per heavy atom. The van der Waals surface area contributed by atoms with E-state index < -0.39 is 10.0 Å². The molecule has 2 heterocycles. The van der Waals surface area contributed by atoms with Gasteiger partial charge in [-0.25, -0.2) is 8.42 Å². The van der Waals surface area contributed by atoms with Gasteiger partial charge in [0.2, 0.25) is 10.0 Å². The van der Waals surface area contributed by atoms with E-state index in [4.69, 9.17) is 5.73 Å². The molecule has 1 aliphatic heterocycles. The molecule has 2 unspecified atom stereocenters. The predicted molar refractivity (Wildman–Crippen MR) is 84.7 cm³/mol. The highest BCUT2D eigenvalue weighted by Crippen LogP contribution is 2.43. The molecular formula is C15H18N2O2S2. The van der Waals surface area contributed by atoms with Crippen molar-refractivity contribution in [3.05, 3.63) is 29.1 Å². The van der Waals surface area contributed by atoms with E-state index in [2.05, 4.69) is 0 Å². The molecule has 21 heavy (non-hydrogen) atoms. The fraction of sp³-hybridized carbons (Fsp3) is 0.467. The maximum atomic E-state index is 13.2. The first-order chi connectivity index (χ1) is 10.1. The number of rotatable bonds is 3. The summed E-state index contributed by atoms with van der Waals surface area (Å²) in [5, 5.41) is 0.825. The van der Waals surface area contributed by atoms with E-state index in [-0.39, 0.29) is 12.6 Å². The fourth-order valence-electron chi connectivity index (χ4n) is 3.78. The zero-order valence-corrected chi connectivity index (χ0v) is 13.3. The lowest BCUT2D eigenvalue weighted by Gasteiger charge is -2.26. The van der Waals surface area contributed by atoms with E-state index >= 15 is 0 Å². The highest BCUT2D eigenvalue weighted by Gasteiger charge is 2.45. The lowest BCUT2D eigenvalue weighted by molar-refractivity contribution is 0.333. The molecule has 2 atom stereocenters. The van der Waals surface area contributed by atoms with E-state index in [0.29, 0.717) is 17.4 Å². The Balaban J connectivity index is 1.89. The summed E-state index contributed by atoms with van der Waals surface area (Å²) < 4.78 is 29.0. The van der Waals surface area contributed by atoms with Gasteiger partial charge >= 0.3 is 0 Å². The van der Waals surface area contributed by atoms with Crippen molar-refractivity contribution in [1.82, 2.24) is 4.31 Å². The molecule has 1 aromatic carbocycles. The second kappa shape index (κ2) is 4.78. The Morgan fingerprint density at radius 1 is 1.29 bits per heavy atom. The van der Waals surface area contributed by atoms with Gasteiger partial charge in [0.1, 0.15) is 4.90 Å². The normalized spacial score (nSPS) is 26.0. The topological polar surface area (TPSA) is 63.4 Å². The van der Waals surface area contributed by atoms with Crippen LogP contribution in [0.1, 0.15) is 24.1 Å². The molecule has 2 aliphatic rings. The van der Waals surface area contributed by atoms with Gasteiger partial charge in [0, 0.05) is 34.1 Å². The molecule has 1 aromatic heterocycles. The molecule has 112 valence electrons. The van der Waals surface area contributed by atoms with Crippen LogP contribution in [0, 0.1) is 5.92 Å². The van der Waals surface area contributed by atoms with Crippen LogP contribution < -0.4 is 5.73 Å². The number of nitrogens with two attached hydrogens (primary N) is 1. The first-order valence-electron chi connectivity index (χ1n) is 7.33. The number of fused-ring (bicyclic) bond motifs is 3. The van der Waals surface area contributed by atoms with Gasteiger partial charge in [-0.1, -0.05) is 18.2 Å². The van der Waals surface area contributed by atoms with Gasteiger partial charge in [-0.05, 0) is 31.2 Å². The van der Waals surface area contributed by atoms with Crippen molar-refractivity contribution in [3.63, 3.8) is 0 Å². The maximum absolute atomic E-state index is 13.2. The molecule has 0 spiro atoms. The van der Waals surface area contributed by atoms with Gasteiger partial charge in [0.25, 0.3) is 0 Å². The number of hydrogen-bond acceptors (Lipinski definition) is 4. The summed E-state index contributed by atoms with van der Waals surface area (Å²) in [4.78, 5) is 1.23. The summed E-state index contributed by atoms with van der Waals surface area (Å²) in [6, 6.07) is 7.89. The van der Waals surface area contributed by atoms with E-state index in [1.807, 2.05) is 24.3 Å². The van der Waals surface area contributed by atoms with Crippen LogP contribution in [0.2, 0.25) is 0 Å². The van der Waals surface area contributed by atoms with Crippen LogP contribution in [-0.2, 0) is 16.6 Å². The van der Waals surface area contributed by atoms with Crippen LogP contribution in [0.4, 0.5) is 0 Å². The third kappa shape index (κ3) is 1.97. The molecule has 4 nitrogen and oxygen atoms in total. The standard InChI is InChI=1S/C15H18N2O2S2/c16-8-14-15(12-3-1-2-4-13(12)20-14)21(18,19)17-9-10-5-6-11(17)7-10/h1-4,10-11H,5-9,16H2. The minimum Gasteiger partial charge on any atom is -0.326 e. The lowest BCUT2D eigenvalue weighted by atomic mass is 10.1. The second-order valence-electron chi connectivity index (χ2n) is 5.96. The van der Waals surface area contributed by atoms with Gasteiger partial charge in [0.15, 0.2) is 0 Å². The zero-order chi connectivity index (χ0) is 14.6. The van der Waals surface area contributed by atoms with Crippen molar-refractivity contribution in [1.29, 1.82) is 0 Å². The highest BCUT2D eigenvalue weighted by atomic mass is 32.2. The number of hydrogen-bond donors (Lipinski definition) is 1. The third-order valence-electron chi connectivity index (χ3n) is 4.73. The third-order valence-corrected chi connectivity index (χ3v) is 8.10. The van der Waals surface area contributed by atoms with E-state index in [1.165, 1.54) is 17.8 Å². The van der Waals surface area contributed by atoms with Crippen molar-refractivity contribution >= 4 is 31.4 Å². The van der Waals surface area contributed by atoms with Gasteiger partial charge in [-0.2, -0.15) is 4.31 Å². The summed E-state index contributed by atoms with van der Waals surface area (Å²) in [6.45, 7) is 0.955. The van der Waals surface area contributed by atoms with Crippen LogP contribution in [-0.4, -0.2) is 25.3 Å². The van der Waals surface area contributed by atoms with Crippen molar-refractivity contribution in [2.45, 2.75) is 36.7 Å². The van der Waals surface area contributed by atoms with Crippen molar-refractivity contribution in [2.24, 2.45) is 11.7 Å². The largest absolute Gasteiger partial charge is 0.326 e. The molecule has 0 amide bonds. The molecule has 0 radical (unpaired) electrons. The number of sulfonamides is 1. The number of piperidine rings is 1. The average Bonchev–Trinajstić information content (AvgIpc) is 3.19. The number of nitrogens with zero attached hydrogens (tertiary/aromatic N) is 1. The van der Waals surface area contributed by atoms with Crippen LogP contribution >= 0.6 is 11.3 Å². The Hall–Kier alpha value is -0.950. The minimum absolute atomic E-state index is 0.198. The van der Waals surface area contributed by atoms with Crippen molar-refractivity contribution in [3.8, 4) is 0 Å². The van der Waals surface area contributed by atoms with Crippen LogP contribution in [0.15, 0.2) is 29.2 Å². The summed E-state index contributed by atoms with van der Waals surface area (Å²) >= 11 is 1.50. The molecule has 2 aromatic rings. The molecule has 1 saturated carbocycles. The van der Waals surface area contributed by atoms with Crippen LogP contribution in [0.25, 0.3) is 10.1 Å². The summed E-state index contributed by atoms with van der Waals surface area (Å²) in [5.74, 6) is 0.552. The van der Waals surface area contributed by atoms with Gasteiger partial charge < -0.3 is 5.73 Å². The quantitative estimate of drug-likeness (QED) is 0.944. The van der Waals surface area contributed by atoms with Gasteiger partial charge in [0.05, 0.1) is 0 Å². The average molecular weight is 322 g/mol. The molecule has 2 N–H and O–H groups in total. The molecule has 6 heteroatoms. The van der Waals surface area contributed by atoms with Crippen LogP contribution in [0.5, 0.6) is 0 Å². The summed E-state index contributed by atoms with van der Waals surface area (Å²) in [5.41, 5.74) is 5.81. The first-order valence-corrected chi connectivity index (χ1v) is 9.59. The molecule has 2 fully saturated rings. The Kier molecular flexibility index (Phi) is 3.11. The first kappa shape index (κ1) is 13.7. The smallest absolute Gasteiger partial charge is 0.245 e. The molecule has 1 saturated heterocycles. The Bertz CT molecular complexity index is 797. The van der Waals surface area contributed by atoms with E-state index in [9.17, 15) is 8.42 Å². The monoisotopic (exact) mass is 322 g/mol. The second-order valence-corrected chi connectivity index (χ2v) is 8.93. The molecule has 2 bridgehead atoms. The van der Waals surface area contributed by atoms with Gasteiger partial charge in [-0.15, -0.1) is 11.3 Å². The fourth-order valence-corrected chi connectivity index (χ4v) is 7.32. The summed E-state index contributed by atoms with van der Waals surface area (Å²) in [7, 11) is -3.43. The van der Waals surface area contributed by atoms with E-state index in [1.54, 1.807) is 4.31 Å². The number of benzene rings is 1. The Morgan fingerprint density at radius 3 is 2.76 bits per heavy atom. The highest BCUT2D eigenvalue weighted by molar-refractivity contribution is 7.89. The predicted octanol–water partition coefficient (Wildman–Crippen LogP) is 2.53. The summed E-state index contributed by atoms with van der Waals surface area (Å²) in [6.07, 6.45) is 3.20. The Labute approximate surface area is 128 Å². The van der Waals surface area contributed by atoms with Crippen LogP contribution in [0.3, 0.4) is 0 Å². The van der Waals surface area contributed by atoms with Crippen molar-refractivity contribution < 1.29 is 8.42 Å². The molecule has 4 rings (SSSR count). The molecular weight excluding hydrogens is 304 g/mol. The maximum Gasteiger partial charge on any atom is 0.245 e. The number of thiophene rings is 1.